The molecule has 0 aliphatic heterocycles. The van der Waals surface area contributed by atoms with Crippen molar-refractivity contribution in [3.63, 3.8) is 0 Å². The monoisotopic (exact) mass is 715 g/mol. The first kappa shape index (κ1) is 33.2. The fraction of sp³-hybridized carbons (Fsp3) is 0. The normalized spacial score (nSPS) is 11.2. The van der Waals surface area contributed by atoms with Gasteiger partial charge in [0.25, 0.3) is 0 Å². The van der Waals surface area contributed by atoms with Crippen molar-refractivity contribution in [1.82, 2.24) is 0 Å². The lowest BCUT2D eigenvalue weighted by Crippen LogP contribution is -2.10. The third-order valence-corrected chi connectivity index (χ3v) is 10.7. The lowest BCUT2D eigenvalue weighted by Gasteiger charge is -2.27. The number of anilines is 3. The van der Waals surface area contributed by atoms with Gasteiger partial charge in [-0.05, 0) is 92.4 Å². The van der Waals surface area contributed by atoms with Gasteiger partial charge in [0.2, 0.25) is 0 Å². The largest absolute Gasteiger partial charge is 0.456 e. The zero-order valence-electron chi connectivity index (χ0n) is 30.7. The van der Waals surface area contributed by atoms with E-state index in [0.717, 1.165) is 56.0 Å². The summed E-state index contributed by atoms with van der Waals surface area (Å²) in [6.07, 6.45) is 0. The van der Waals surface area contributed by atoms with E-state index in [1.54, 1.807) is 0 Å². The van der Waals surface area contributed by atoms with Crippen molar-refractivity contribution < 1.29 is 4.42 Å². The maximum Gasteiger partial charge on any atom is 0.136 e. The lowest BCUT2D eigenvalue weighted by atomic mass is 9.94. The van der Waals surface area contributed by atoms with Crippen LogP contribution in [0.1, 0.15) is 0 Å². The van der Waals surface area contributed by atoms with Crippen LogP contribution in [0.5, 0.6) is 0 Å². The molecule has 0 radical (unpaired) electrons. The molecule has 0 spiro atoms. The Bertz CT molecular complexity index is 2900. The summed E-state index contributed by atoms with van der Waals surface area (Å²) in [6.45, 7) is 0. The van der Waals surface area contributed by atoms with Crippen LogP contribution >= 0.6 is 0 Å². The van der Waals surface area contributed by atoms with Crippen molar-refractivity contribution in [1.29, 1.82) is 0 Å². The van der Waals surface area contributed by atoms with Gasteiger partial charge < -0.3 is 9.32 Å². The minimum Gasteiger partial charge on any atom is -0.456 e. The maximum atomic E-state index is 6.27. The molecule has 10 aromatic rings. The summed E-state index contributed by atoms with van der Waals surface area (Å²) in [5.74, 6) is 0.879. The average Bonchev–Trinajstić information content (AvgIpc) is 3.72. The maximum absolute atomic E-state index is 6.27. The molecule has 0 unspecified atom stereocenters. The number of nitrogens with zero attached hydrogens (tertiary/aromatic N) is 1. The predicted molar refractivity (Wildman–Crippen MR) is 236 cm³/mol. The van der Waals surface area contributed by atoms with E-state index in [1.165, 1.54) is 38.6 Å². The highest BCUT2D eigenvalue weighted by molar-refractivity contribution is 5.99. The summed E-state index contributed by atoms with van der Waals surface area (Å²) >= 11 is 0. The highest BCUT2D eigenvalue weighted by atomic mass is 16.3. The molecule has 0 N–H and O–H groups in total. The van der Waals surface area contributed by atoms with Crippen LogP contribution in [0.25, 0.3) is 77.6 Å². The zero-order chi connectivity index (χ0) is 37.3. The van der Waals surface area contributed by atoms with E-state index in [9.17, 15) is 0 Å². The van der Waals surface area contributed by atoms with Crippen molar-refractivity contribution in [2.75, 3.05) is 4.90 Å². The summed E-state index contributed by atoms with van der Waals surface area (Å²) in [4.78, 5) is 2.37. The van der Waals surface area contributed by atoms with Crippen LogP contribution in [-0.4, -0.2) is 0 Å². The van der Waals surface area contributed by atoms with Crippen LogP contribution < -0.4 is 4.90 Å². The Morgan fingerprint density at radius 3 is 1.39 bits per heavy atom. The highest BCUT2D eigenvalue weighted by Gasteiger charge is 2.17. The molecule has 56 heavy (non-hydrogen) atoms. The van der Waals surface area contributed by atoms with Crippen molar-refractivity contribution in [3.05, 3.63) is 224 Å². The SMILES string of the molecule is c1ccc(-c2ccccc2-c2ccc(N(c3ccc(-c4ccc(-c5ccccc5-c5cc6ccccc6o5)cc4)cc3)c3cccc4ccccc34)cc2)cc1. The van der Waals surface area contributed by atoms with Gasteiger partial charge in [-0.25, -0.2) is 0 Å². The summed E-state index contributed by atoms with van der Waals surface area (Å²) in [5, 5.41) is 3.52. The van der Waals surface area contributed by atoms with E-state index in [4.69, 9.17) is 4.42 Å². The Morgan fingerprint density at radius 2 is 0.750 bits per heavy atom. The standard InChI is InChI=1S/C54H37NO/c1-2-13-40(14-3-1)47-18-7-8-19-48(47)43-31-35-46(36-32-43)55(52-23-12-17-41-15-4-6-21-50(41)52)45-33-29-39(30-34-45)38-25-27-42(28-26-38)49-20-9-10-22-51(49)54-37-44-16-5-11-24-53(44)56-54/h1-37H. The molecule has 2 nitrogen and oxygen atoms in total. The van der Waals surface area contributed by atoms with E-state index in [2.05, 4.69) is 211 Å². The minimum absolute atomic E-state index is 0.879. The minimum atomic E-state index is 0.879. The van der Waals surface area contributed by atoms with Crippen molar-refractivity contribution in [2.45, 2.75) is 0 Å². The van der Waals surface area contributed by atoms with Gasteiger partial charge in [-0.3, -0.25) is 0 Å². The molecule has 0 saturated carbocycles. The van der Waals surface area contributed by atoms with Crippen LogP contribution in [0.3, 0.4) is 0 Å². The molecule has 0 amide bonds. The molecule has 9 aromatic carbocycles. The lowest BCUT2D eigenvalue weighted by molar-refractivity contribution is 0.632. The molecule has 0 aliphatic rings. The predicted octanol–water partition coefficient (Wildman–Crippen LogP) is 15.4. The molecular weight excluding hydrogens is 679 g/mol. The number of fused-ring (bicyclic) bond motifs is 2. The van der Waals surface area contributed by atoms with E-state index >= 15 is 0 Å². The second-order valence-corrected chi connectivity index (χ2v) is 14.1. The smallest absolute Gasteiger partial charge is 0.136 e. The first-order valence-corrected chi connectivity index (χ1v) is 19.1. The molecule has 10 rings (SSSR count). The molecule has 1 aromatic heterocycles. The third-order valence-electron chi connectivity index (χ3n) is 10.7. The zero-order valence-corrected chi connectivity index (χ0v) is 30.7. The Hall–Kier alpha value is -7.42. The summed E-state index contributed by atoms with van der Waals surface area (Å²) < 4.78 is 6.27. The fourth-order valence-electron chi connectivity index (χ4n) is 7.93. The molecule has 0 bridgehead atoms. The Kier molecular flexibility index (Phi) is 8.55. The van der Waals surface area contributed by atoms with Gasteiger partial charge in [0.05, 0.1) is 5.69 Å². The second kappa shape index (κ2) is 14.4. The number of furan rings is 1. The molecule has 0 aliphatic carbocycles. The Morgan fingerprint density at radius 1 is 0.304 bits per heavy atom. The number of rotatable bonds is 8. The van der Waals surface area contributed by atoms with Crippen LogP contribution in [0, 0.1) is 0 Å². The van der Waals surface area contributed by atoms with Crippen molar-refractivity contribution in [2.24, 2.45) is 0 Å². The number of hydrogen-bond acceptors (Lipinski definition) is 2. The Labute approximate surface area is 327 Å². The number of hydrogen-bond donors (Lipinski definition) is 0. The summed E-state index contributed by atoms with van der Waals surface area (Å²) in [7, 11) is 0. The van der Waals surface area contributed by atoms with Gasteiger partial charge in [-0.2, -0.15) is 0 Å². The molecule has 0 atom stereocenters. The second-order valence-electron chi connectivity index (χ2n) is 14.1. The van der Waals surface area contributed by atoms with E-state index < -0.39 is 0 Å². The van der Waals surface area contributed by atoms with Gasteiger partial charge in [0, 0.05) is 27.7 Å². The molecule has 264 valence electrons. The average molecular weight is 716 g/mol. The van der Waals surface area contributed by atoms with Crippen LogP contribution in [0.4, 0.5) is 17.1 Å². The molecule has 2 heteroatoms. The molecule has 0 saturated heterocycles. The fourth-order valence-corrected chi connectivity index (χ4v) is 7.93. The van der Waals surface area contributed by atoms with Gasteiger partial charge >= 0.3 is 0 Å². The molecule has 1 heterocycles. The molecular formula is C54H37NO. The van der Waals surface area contributed by atoms with Gasteiger partial charge in [-0.1, -0.05) is 182 Å². The van der Waals surface area contributed by atoms with Gasteiger partial charge in [0.1, 0.15) is 11.3 Å². The molecule has 0 fully saturated rings. The first-order valence-electron chi connectivity index (χ1n) is 19.1. The van der Waals surface area contributed by atoms with E-state index in [0.29, 0.717) is 0 Å². The summed E-state index contributed by atoms with van der Waals surface area (Å²) in [5.41, 5.74) is 14.8. The topological polar surface area (TPSA) is 16.4 Å². The van der Waals surface area contributed by atoms with Crippen LogP contribution in [0.15, 0.2) is 229 Å². The van der Waals surface area contributed by atoms with Crippen LogP contribution in [-0.2, 0) is 0 Å². The highest BCUT2D eigenvalue weighted by Crippen LogP contribution is 2.42. The Balaban J connectivity index is 0.988. The van der Waals surface area contributed by atoms with Gasteiger partial charge in [0.15, 0.2) is 0 Å². The van der Waals surface area contributed by atoms with Crippen molar-refractivity contribution in [3.8, 4) is 55.8 Å². The summed E-state index contributed by atoms with van der Waals surface area (Å²) in [6, 6.07) is 80.0. The van der Waals surface area contributed by atoms with Crippen LogP contribution in [0.2, 0.25) is 0 Å². The number of benzene rings is 9. The van der Waals surface area contributed by atoms with Crippen molar-refractivity contribution >= 4 is 38.8 Å². The van der Waals surface area contributed by atoms with Gasteiger partial charge in [-0.15, -0.1) is 0 Å². The quantitative estimate of drug-likeness (QED) is 0.156. The van der Waals surface area contributed by atoms with E-state index in [1.807, 2.05) is 18.2 Å². The first-order chi connectivity index (χ1) is 27.8. The van der Waals surface area contributed by atoms with E-state index in [-0.39, 0.29) is 0 Å². The number of para-hydroxylation sites is 1. The third kappa shape index (κ3) is 6.24.